The smallest absolute Gasteiger partial charge is 0.226 e. The van der Waals surface area contributed by atoms with E-state index in [0.29, 0.717) is 17.9 Å². The molecule has 5 nitrogen and oxygen atoms in total. The summed E-state index contributed by atoms with van der Waals surface area (Å²) in [5.41, 5.74) is 2.16. The van der Waals surface area contributed by atoms with Gasteiger partial charge in [0, 0.05) is 19.1 Å². The molecule has 0 saturated heterocycles. The quantitative estimate of drug-likeness (QED) is 0.797. The van der Waals surface area contributed by atoms with Gasteiger partial charge in [0.15, 0.2) is 0 Å². The first-order valence-electron chi connectivity index (χ1n) is 5.78. The summed E-state index contributed by atoms with van der Waals surface area (Å²) in [7, 11) is 1.66. The molecule has 1 aromatic heterocycles. The Labute approximate surface area is 94.6 Å². The van der Waals surface area contributed by atoms with Crippen molar-refractivity contribution in [2.24, 2.45) is 0 Å². The van der Waals surface area contributed by atoms with Gasteiger partial charge < -0.3 is 15.4 Å². The van der Waals surface area contributed by atoms with Crippen molar-refractivity contribution in [3.05, 3.63) is 11.3 Å². The van der Waals surface area contributed by atoms with Crippen LogP contribution in [0.25, 0.3) is 0 Å². The number of fused-ring (bicyclic) bond motifs is 1. The predicted octanol–water partition coefficient (Wildman–Crippen LogP) is 1.05. The number of ether oxygens (including phenoxy) is 1. The highest BCUT2D eigenvalue weighted by molar-refractivity contribution is 5.41. The summed E-state index contributed by atoms with van der Waals surface area (Å²) in [5.74, 6) is 1.42. The van der Waals surface area contributed by atoms with Crippen molar-refractivity contribution in [1.82, 2.24) is 15.3 Å². The Morgan fingerprint density at radius 2 is 2.19 bits per heavy atom. The van der Waals surface area contributed by atoms with Crippen LogP contribution in [0.3, 0.4) is 0 Å². The highest BCUT2D eigenvalue weighted by atomic mass is 16.5. The molecule has 1 aromatic rings. The zero-order valence-corrected chi connectivity index (χ0v) is 9.42. The Balaban J connectivity index is 1.87. The fourth-order valence-electron chi connectivity index (χ4n) is 2.11. The lowest BCUT2D eigenvalue weighted by atomic mass is 9.93. The minimum absolute atomic E-state index is 0.553. The molecule has 5 heteroatoms. The van der Waals surface area contributed by atoms with Crippen molar-refractivity contribution in [3.63, 3.8) is 0 Å². The minimum atomic E-state index is 0.553. The van der Waals surface area contributed by atoms with Crippen molar-refractivity contribution in [1.29, 1.82) is 0 Å². The van der Waals surface area contributed by atoms with Gasteiger partial charge in [-0.15, -0.1) is 0 Å². The third kappa shape index (κ3) is 1.61. The van der Waals surface area contributed by atoms with Crippen LogP contribution in [-0.2, 0) is 13.1 Å². The van der Waals surface area contributed by atoms with E-state index in [1.54, 1.807) is 7.11 Å². The first-order valence-corrected chi connectivity index (χ1v) is 5.78. The first-order chi connectivity index (χ1) is 7.86. The lowest BCUT2D eigenvalue weighted by molar-refractivity contribution is 0.390. The van der Waals surface area contributed by atoms with Crippen molar-refractivity contribution in [2.75, 3.05) is 12.4 Å². The van der Waals surface area contributed by atoms with Crippen LogP contribution >= 0.6 is 0 Å². The minimum Gasteiger partial charge on any atom is -0.481 e. The van der Waals surface area contributed by atoms with Gasteiger partial charge in [-0.05, 0) is 19.3 Å². The highest BCUT2D eigenvalue weighted by Crippen LogP contribution is 2.27. The van der Waals surface area contributed by atoms with Gasteiger partial charge >= 0.3 is 0 Å². The zero-order valence-electron chi connectivity index (χ0n) is 9.42. The van der Waals surface area contributed by atoms with Crippen molar-refractivity contribution >= 4 is 5.95 Å². The number of nitrogens with one attached hydrogen (secondary N) is 2. The lowest BCUT2D eigenvalue weighted by Gasteiger charge is -2.26. The number of hydrogen-bond acceptors (Lipinski definition) is 5. The molecule has 86 valence electrons. The van der Waals surface area contributed by atoms with E-state index in [9.17, 15) is 0 Å². The van der Waals surface area contributed by atoms with Gasteiger partial charge in [-0.25, -0.2) is 4.98 Å². The van der Waals surface area contributed by atoms with Gasteiger partial charge in [0.05, 0.1) is 18.4 Å². The van der Waals surface area contributed by atoms with E-state index in [2.05, 4.69) is 20.6 Å². The largest absolute Gasteiger partial charge is 0.481 e. The maximum atomic E-state index is 5.30. The molecule has 0 atom stereocenters. The van der Waals surface area contributed by atoms with E-state index >= 15 is 0 Å². The van der Waals surface area contributed by atoms with E-state index in [0.717, 1.165) is 24.3 Å². The normalized spacial score (nSPS) is 19.1. The average molecular weight is 220 g/mol. The summed E-state index contributed by atoms with van der Waals surface area (Å²) in [5, 5.41) is 6.61. The first kappa shape index (κ1) is 9.84. The topological polar surface area (TPSA) is 59.1 Å². The summed E-state index contributed by atoms with van der Waals surface area (Å²) in [6.45, 7) is 1.62. The molecule has 2 aliphatic rings. The monoisotopic (exact) mass is 220 g/mol. The van der Waals surface area contributed by atoms with Crippen LogP contribution < -0.4 is 15.4 Å². The van der Waals surface area contributed by atoms with E-state index in [1.165, 1.54) is 19.3 Å². The number of aromatic nitrogens is 2. The standard InChI is InChI=1S/C11H16N4O/c1-16-10-8-5-12-6-9(8)14-11(15-10)13-7-3-2-4-7/h7,12H,2-6H2,1H3,(H,13,14,15). The zero-order chi connectivity index (χ0) is 11.0. The van der Waals surface area contributed by atoms with Crippen molar-refractivity contribution in [3.8, 4) is 5.88 Å². The number of nitrogens with zero attached hydrogens (tertiary/aromatic N) is 2. The number of hydrogen-bond donors (Lipinski definition) is 2. The molecule has 0 aromatic carbocycles. The fourth-order valence-corrected chi connectivity index (χ4v) is 2.11. The summed E-state index contributed by atoms with van der Waals surface area (Å²) in [6.07, 6.45) is 3.75. The second-order valence-electron chi connectivity index (χ2n) is 4.36. The van der Waals surface area contributed by atoms with Gasteiger partial charge in [-0.3, -0.25) is 0 Å². The molecule has 0 unspecified atom stereocenters. The Kier molecular flexibility index (Phi) is 2.40. The molecule has 0 amide bonds. The van der Waals surface area contributed by atoms with Crippen LogP contribution in [0.1, 0.15) is 30.5 Å². The van der Waals surface area contributed by atoms with Crippen LogP contribution in [0.15, 0.2) is 0 Å². The molecule has 1 saturated carbocycles. The van der Waals surface area contributed by atoms with E-state index in [4.69, 9.17) is 4.74 Å². The van der Waals surface area contributed by atoms with E-state index in [-0.39, 0.29) is 0 Å². The molecule has 2 heterocycles. The van der Waals surface area contributed by atoms with Gasteiger partial charge in [-0.1, -0.05) is 0 Å². The lowest BCUT2D eigenvalue weighted by Crippen LogP contribution is -2.28. The average Bonchev–Trinajstić information content (AvgIpc) is 2.70. The van der Waals surface area contributed by atoms with Crippen molar-refractivity contribution in [2.45, 2.75) is 38.4 Å². The van der Waals surface area contributed by atoms with E-state index in [1.807, 2.05) is 0 Å². The molecule has 0 radical (unpaired) electrons. The molecule has 0 bridgehead atoms. The Morgan fingerprint density at radius 3 is 2.88 bits per heavy atom. The number of methoxy groups -OCH3 is 1. The molecule has 3 rings (SSSR count). The Hall–Kier alpha value is -1.36. The third-order valence-corrected chi connectivity index (χ3v) is 3.28. The number of rotatable bonds is 3. The molecule has 1 fully saturated rings. The third-order valence-electron chi connectivity index (χ3n) is 3.28. The summed E-state index contributed by atoms with van der Waals surface area (Å²) < 4.78 is 5.30. The molecular weight excluding hydrogens is 204 g/mol. The van der Waals surface area contributed by atoms with Crippen LogP contribution in [0.5, 0.6) is 5.88 Å². The van der Waals surface area contributed by atoms with Gasteiger partial charge in [0.25, 0.3) is 0 Å². The number of anilines is 1. The summed E-state index contributed by atoms with van der Waals surface area (Å²) in [6, 6.07) is 0.553. The Bertz CT molecular complexity index is 403. The SMILES string of the molecule is COc1nc(NC2CCC2)nc2c1CNC2. The van der Waals surface area contributed by atoms with Crippen LogP contribution in [-0.4, -0.2) is 23.1 Å². The molecule has 1 aliphatic carbocycles. The maximum Gasteiger partial charge on any atom is 0.226 e. The Morgan fingerprint density at radius 1 is 1.31 bits per heavy atom. The maximum absolute atomic E-state index is 5.30. The van der Waals surface area contributed by atoms with Crippen LogP contribution in [0.2, 0.25) is 0 Å². The van der Waals surface area contributed by atoms with Gasteiger partial charge in [-0.2, -0.15) is 4.98 Å². The molecule has 2 N–H and O–H groups in total. The van der Waals surface area contributed by atoms with E-state index < -0.39 is 0 Å². The fraction of sp³-hybridized carbons (Fsp3) is 0.636. The highest BCUT2D eigenvalue weighted by Gasteiger charge is 2.22. The summed E-state index contributed by atoms with van der Waals surface area (Å²) in [4.78, 5) is 8.92. The predicted molar refractivity (Wildman–Crippen MR) is 60.4 cm³/mol. The molecular formula is C11H16N4O. The molecule has 0 spiro atoms. The van der Waals surface area contributed by atoms with Gasteiger partial charge in [0.2, 0.25) is 11.8 Å². The summed E-state index contributed by atoms with van der Waals surface area (Å²) >= 11 is 0. The molecule has 1 aliphatic heterocycles. The van der Waals surface area contributed by atoms with Crippen molar-refractivity contribution < 1.29 is 4.74 Å². The second kappa shape index (κ2) is 3.90. The molecule has 16 heavy (non-hydrogen) atoms. The van der Waals surface area contributed by atoms with Crippen LogP contribution in [0, 0.1) is 0 Å². The van der Waals surface area contributed by atoms with Crippen LogP contribution in [0.4, 0.5) is 5.95 Å². The second-order valence-corrected chi connectivity index (χ2v) is 4.36. The van der Waals surface area contributed by atoms with Gasteiger partial charge in [0.1, 0.15) is 0 Å².